The Morgan fingerprint density at radius 1 is 0.846 bits per heavy atom. The highest BCUT2D eigenvalue weighted by molar-refractivity contribution is 7.76. The topological polar surface area (TPSA) is 0 Å². The van der Waals surface area contributed by atoms with Crippen molar-refractivity contribution < 1.29 is 0 Å². The molecule has 0 saturated heterocycles. The van der Waals surface area contributed by atoms with Gasteiger partial charge >= 0.3 is 0 Å². The molecular formula is C10H25BP2. The first-order chi connectivity index (χ1) is 6.24. The summed E-state index contributed by atoms with van der Waals surface area (Å²) in [7, 11) is 3.11. The van der Waals surface area contributed by atoms with Gasteiger partial charge in [-0.3, -0.25) is 0 Å². The average Bonchev–Trinajstić information content (AvgIpc) is 2.18. The van der Waals surface area contributed by atoms with Crippen LogP contribution in [0.25, 0.3) is 0 Å². The molecule has 0 rings (SSSR count). The van der Waals surface area contributed by atoms with E-state index in [0.29, 0.717) is 15.8 Å². The molecule has 0 aliphatic rings. The highest BCUT2D eigenvalue weighted by Gasteiger charge is 2.22. The van der Waals surface area contributed by atoms with Gasteiger partial charge in [0.15, 0.2) is 0 Å². The second kappa shape index (κ2) is 8.25. The second-order valence-electron chi connectivity index (χ2n) is 3.33. The Kier molecular flexibility index (Phi) is 8.84. The Morgan fingerprint density at radius 3 is 1.31 bits per heavy atom. The molecule has 0 fully saturated rings. The van der Waals surface area contributed by atoms with Crippen molar-refractivity contribution in [3.05, 3.63) is 0 Å². The molecular weight excluding hydrogens is 193 g/mol. The van der Waals surface area contributed by atoms with Crippen molar-refractivity contribution >= 4 is 23.7 Å². The van der Waals surface area contributed by atoms with E-state index in [1.54, 1.807) is 0 Å². The first kappa shape index (κ1) is 13.9. The Hall–Kier alpha value is 0.925. The number of hydrogen-bond acceptors (Lipinski definition) is 0. The lowest BCUT2D eigenvalue weighted by Gasteiger charge is -2.32. The summed E-state index contributed by atoms with van der Waals surface area (Å²) < 4.78 is 0. The molecule has 78 valence electrons. The lowest BCUT2D eigenvalue weighted by Crippen LogP contribution is -2.08. The summed E-state index contributed by atoms with van der Waals surface area (Å²) in [6.07, 6.45) is 7.22. The third kappa shape index (κ3) is 4.31. The minimum atomic E-state index is 0.358. The van der Waals surface area contributed by atoms with Gasteiger partial charge in [0.1, 0.15) is 7.85 Å². The first-order valence-corrected chi connectivity index (χ1v) is 9.29. The zero-order valence-electron chi connectivity index (χ0n) is 10.0. The van der Waals surface area contributed by atoms with E-state index >= 15 is 0 Å². The highest BCUT2D eigenvalue weighted by atomic mass is 31.2. The molecule has 0 heterocycles. The van der Waals surface area contributed by atoms with Gasteiger partial charge in [-0.1, -0.05) is 34.0 Å². The maximum absolute atomic E-state index is 2.39. The van der Waals surface area contributed by atoms with Crippen molar-refractivity contribution in [1.82, 2.24) is 0 Å². The van der Waals surface area contributed by atoms with Crippen LogP contribution < -0.4 is 0 Å². The highest BCUT2D eigenvalue weighted by Crippen LogP contribution is 2.58. The average molecular weight is 218 g/mol. The van der Waals surface area contributed by atoms with Gasteiger partial charge in [0.25, 0.3) is 0 Å². The van der Waals surface area contributed by atoms with Gasteiger partial charge in [0.05, 0.1) is 0 Å². The van der Waals surface area contributed by atoms with Crippen LogP contribution in [0.5, 0.6) is 0 Å². The summed E-state index contributed by atoms with van der Waals surface area (Å²) in [4.78, 5) is 0. The zero-order chi connectivity index (χ0) is 10.3. The predicted molar refractivity (Wildman–Crippen MR) is 73.1 cm³/mol. The van der Waals surface area contributed by atoms with Gasteiger partial charge < -0.3 is 0 Å². The van der Waals surface area contributed by atoms with E-state index in [-0.39, 0.29) is 0 Å². The van der Waals surface area contributed by atoms with Gasteiger partial charge in [-0.25, -0.2) is 0 Å². The minimum absolute atomic E-state index is 0.358. The van der Waals surface area contributed by atoms with Crippen LogP contribution in [0.4, 0.5) is 0 Å². The van der Waals surface area contributed by atoms with Crippen LogP contribution >= 0.6 is 15.8 Å². The minimum Gasteiger partial charge on any atom is -0.100 e. The second-order valence-corrected chi connectivity index (χ2v) is 9.87. The zero-order valence-corrected chi connectivity index (χ0v) is 11.8. The van der Waals surface area contributed by atoms with E-state index < -0.39 is 0 Å². The lowest BCUT2D eigenvalue weighted by molar-refractivity contribution is 1.24. The van der Waals surface area contributed by atoms with Gasteiger partial charge in [-0.05, 0) is 30.0 Å². The molecule has 0 bridgehead atoms. The molecule has 0 atom stereocenters. The van der Waals surface area contributed by atoms with Gasteiger partial charge in [0.2, 0.25) is 0 Å². The van der Waals surface area contributed by atoms with E-state index in [9.17, 15) is 0 Å². The summed E-state index contributed by atoms with van der Waals surface area (Å²) in [5.41, 5.74) is 0. The molecule has 0 nitrogen and oxygen atoms in total. The number of rotatable bonds is 7. The molecule has 0 radical (unpaired) electrons. The van der Waals surface area contributed by atoms with Crippen LogP contribution in [0.1, 0.15) is 27.7 Å². The molecule has 0 unspecified atom stereocenters. The Balaban J connectivity index is 4.26. The lowest BCUT2D eigenvalue weighted by atomic mass is 10.1. The first-order valence-electron chi connectivity index (χ1n) is 5.73. The van der Waals surface area contributed by atoms with Crippen molar-refractivity contribution in [1.29, 1.82) is 0 Å². The third-order valence-electron chi connectivity index (χ3n) is 2.83. The van der Waals surface area contributed by atoms with E-state index in [4.69, 9.17) is 0 Å². The van der Waals surface area contributed by atoms with E-state index in [2.05, 4.69) is 35.5 Å². The molecule has 0 saturated carbocycles. The quantitative estimate of drug-likeness (QED) is 0.453. The van der Waals surface area contributed by atoms with Gasteiger partial charge in [-0.2, -0.15) is 0 Å². The normalized spacial score (nSPS) is 11.9. The van der Waals surface area contributed by atoms with E-state index in [1.807, 2.05) is 0 Å². The van der Waals surface area contributed by atoms with Crippen molar-refractivity contribution in [3.8, 4) is 0 Å². The fourth-order valence-electron chi connectivity index (χ4n) is 2.04. The summed E-state index contributed by atoms with van der Waals surface area (Å²) >= 11 is 0. The summed E-state index contributed by atoms with van der Waals surface area (Å²) in [5.74, 6) is 0. The van der Waals surface area contributed by atoms with E-state index in [0.717, 1.165) is 5.40 Å². The standard InChI is InChI=1S/C10H25BP2/c1-5-12(6-2)10(9-11)13(7-3)8-4/h10H,5-9,11H2,1-4H3. The monoisotopic (exact) mass is 218 g/mol. The molecule has 0 aliphatic heterocycles. The largest absolute Gasteiger partial charge is 0.102 e. The molecule has 0 aromatic carbocycles. The van der Waals surface area contributed by atoms with E-state index in [1.165, 1.54) is 31.0 Å². The fourth-order valence-corrected chi connectivity index (χ4v) is 9.46. The van der Waals surface area contributed by atoms with Crippen LogP contribution in [0.3, 0.4) is 0 Å². The predicted octanol–water partition coefficient (Wildman–Crippen LogP) is 3.41. The van der Waals surface area contributed by atoms with Crippen molar-refractivity contribution in [3.63, 3.8) is 0 Å². The van der Waals surface area contributed by atoms with Crippen molar-refractivity contribution in [2.24, 2.45) is 0 Å². The van der Waals surface area contributed by atoms with Gasteiger partial charge in [-0.15, -0.1) is 15.8 Å². The van der Waals surface area contributed by atoms with Gasteiger partial charge in [0, 0.05) is 0 Å². The molecule has 0 aromatic rings. The maximum atomic E-state index is 2.39. The molecule has 0 amide bonds. The summed E-state index contributed by atoms with van der Waals surface area (Å²) in [6.45, 7) is 9.54. The molecule has 13 heavy (non-hydrogen) atoms. The third-order valence-corrected chi connectivity index (χ3v) is 10.5. The number of hydrogen-bond donors (Lipinski definition) is 0. The van der Waals surface area contributed by atoms with Crippen LogP contribution in [0.2, 0.25) is 6.32 Å². The summed E-state index contributed by atoms with van der Waals surface area (Å²) in [6, 6.07) is 0. The molecule has 0 aliphatic carbocycles. The Labute approximate surface area is 88.2 Å². The van der Waals surface area contributed by atoms with Crippen LogP contribution in [-0.4, -0.2) is 37.9 Å². The Morgan fingerprint density at radius 2 is 1.15 bits per heavy atom. The fraction of sp³-hybridized carbons (Fsp3) is 1.00. The molecule has 0 aromatic heterocycles. The van der Waals surface area contributed by atoms with Crippen LogP contribution in [0.15, 0.2) is 0 Å². The smallest absolute Gasteiger partial charge is 0.100 e. The molecule has 0 spiro atoms. The maximum Gasteiger partial charge on any atom is 0.102 e. The van der Waals surface area contributed by atoms with Crippen LogP contribution in [0, 0.1) is 0 Å². The van der Waals surface area contributed by atoms with Crippen LogP contribution in [-0.2, 0) is 0 Å². The molecule has 0 N–H and O–H groups in total. The summed E-state index contributed by atoms with van der Waals surface area (Å²) in [5, 5.41) is 1.11. The van der Waals surface area contributed by atoms with Crippen molar-refractivity contribution in [2.75, 3.05) is 24.6 Å². The molecule has 3 heteroatoms. The Bertz CT molecular complexity index is 99.5. The van der Waals surface area contributed by atoms with Crippen molar-refractivity contribution in [2.45, 2.75) is 39.4 Å². The SMILES string of the molecule is BCC(P(CC)CC)P(CC)CC.